The summed E-state index contributed by atoms with van der Waals surface area (Å²) in [5.74, 6) is -2.82. The van der Waals surface area contributed by atoms with Gasteiger partial charge in [-0.15, -0.1) is 0 Å². The summed E-state index contributed by atoms with van der Waals surface area (Å²) in [7, 11) is 0. The van der Waals surface area contributed by atoms with Gasteiger partial charge < -0.3 is 16.2 Å². The molecule has 6 nitrogen and oxygen atoms in total. The van der Waals surface area contributed by atoms with E-state index in [2.05, 4.69) is 29.1 Å². The lowest BCUT2D eigenvalue weighted by atomic mass is 9.72. The molecule has 0 spiro atoms. The zero-order valence-electron chi connectivity index (χ0n) is 21.9. The highest BCUT2D eigenvalue weighted by Crippen LogP contribution is 2.41. The van der Waals surface area contributed by atoms with E-state index in [9.17, 15) is 23.1 Å². The number of carbonyl (C=O) groups is 1. The lowest BCUT2D eigenvalue weighted by Gasteiger charge is -2.36. The molecule has 1 aliphatic carbocycles. The molecule has 2 aromatic heterocycles. The van der Waals surface area contributed by atoms with Crippen molar-refractivity contribution in [3.8, 4) is 11.3 Å². The van der Waals surface area contributed by atoms with E-state index in [1.165, 1.54) is 20.0 Å². The standard InChI is InChI=1S/C29H33F3N4O2/c1-15(2)16-9-17(11-19(33)10-16)20-7-8-34-14-25(20)36-28(37)24-6-5-21(30)27(35-24)26-22(31)12-18(13-23(26)32)29(3,4)38/h5-8,12-17,19,38H,9-11,33H2,1-4H3,(H,36,37)/t16-,17+,19+/m0/s1. The molecule has 0 unspecified atom stereocenters. The van der Waals surface area contributed by atoms with Gasteiger partial charge in [-0.3, -0.25) is 9.78 Å². The fourth-order valence-electron chi connectivity index (χ4n) is 5.16. The molecule has 38 heavy (non-hydrogen) atoms. The number of pyridine rings is 2. The second-order valence-electron chi connectivity index (χ2n) is 11.0. The third-order valence-corrected chi connectivity index (χ3v) is 7.33. The number of nitrogens with zero attached hydrogens (tertiary/aromatic N) is 2. The molecule has 0 bridgehead atoms. The van der Waals surface area contributed by atoms with Crippen LogP contribution in [0.15, 0.2) is 42.7 Å². The van der Waals surface area contributed by atoms with Crippen molar-refractivity contribution in [2.75, 3.05) is 5.32 Å². The van der Waals surface area contributed by atoms with Gasteiger partial charge in [-0.2, -0.15) is 0 Å². The number of hydrogen-bond donors (Lipinski definition) is 3. The Morgan fingerprint density at radius 1 is 1.08 bits per heavy atom. The quantitative estimate of drug-likeness (QED) is 0.371. The Hall–Kier alpha value is -3.30. The molecule has 3 atom stereocenters. The molecule has 1 aliphatic rings. The third kappa shape index (κ3) is 5.89. The summed E-state index contributed by atoms with van der Waals surface area (Å²) < 4.78 is 44.5. The first-order chi connectivity index (χ1) is 17.8. The van der Waals surface area contributed by atoms with Gasteiger partial charge in [0, 0.05) is 12.2 Å². The molecule has 0 radical (unpaired) electrons. The number of hydrogen-bond acceptors (Lipinski definition) is 5. The minimum atomic E-state index is -1.51. The molecule has 202 valence electrons. The van der Waals surface area contributed by atoms with E-state index >= 15 is 0 Å². The van der Waals surface area contributed by atoms with Crippen molar-refractivity contribution in [2.24, 2.45) is 17.6 Å². The van der Waals surface area contributed by atoms with Crippen LogP contribution >= 0.6 is 0 Å². The SMILES string of the molecule is CC(C)[C@@H]1C[C@@H](N)C[C@H](c2ccncc2NC(=O)c2ccc(F)c(-c3c(F)cc(C(C)(C)O)cc3F)n2)C1. The van der Waals surface area contributed by atoms with E-state index in [1.54, 1.807) is 6.20 Å². The predicted octanol–water partition coefficient (Wildman–Crippen LogP) is 5.91. The predicted molar refractivity (Wildman–Crippen MR) is 140 cm³/mol. The van der Waals surface area contributed by atoms with Crippen molar-refractivity contribution >= 4 is 11.6 Å². The monoisotopic (exact) mass is 526 g/mol. The van der Waals surface area contributed by atoms with E-state index in [0.29, 0.717) is 17.5 Å². The summed E-state index contributed by atoms with van der Waals surface area (Å²) in [6, 6.07) is 5.84. The Kier molecular flexibility index (Phi) is 7.90. The number of anilines is 1. The minimum Gasteiger partial charge on any atom is -0.386 e. The number of rotatable bonds is 6. The fraction of sp³-hybridized carbons (Fsp3) is 0.414. The van der Waals surface area contributed by atoms with E-state index in [-0.39, 0.29) is 23.2 Å². The maximum atomic E-state index is 14.9. The van der Waals surface area contributed by atoms with Crippen molar-refractivity contribution in [1.82, 2.24) is 9.97 Å². The Morgan fingerprint density at radius 3 is 2.39 bits per heavy atom. The molecule has 0 aliphatic heterocycles. The van der Waals surface area contributed by atoms with Crippen LogP contribution in [0.1, 0.15) is 74.5 Å². The van der Waals surface area contributed by atoms with Gasteiger partial charge in [0.25, 0.3) is 5.91 Å². The summed E-state index contributed by atoms with van der Waals surface area (Å²) in [6.07, 6.45) is 5.85. The van der Waals surface area contributed by atoms with Gasteiger partial charge in [0.1, 0.15) is 28.8 Å². The van der Waals surface area contributed by atoms with Crippen molar-refractivity contribution in [1.29, 1.82) is 0 Å². The van der Waals surface area contributed by atoms with Crippen LogP contribution in [0.5, 0.6) is 0 Å². The van der Waals surface area contributed by atoms with Crippen molar-refractivity contribution in [2.45, 2.75) is 64.5 Å². The molecule has 1 fully saturated rings. The first-order valence-corrected chi connectivity index (χ1v) is 12.7. The van der Waals surface area contributed by atoms with Gasteiger partial charge >= 0.3 is 0 Å². The maximum absolute atomic E-state index is 14.9. The van der Waals surface area contributed by atoms with Crippen molar-refractivity contribution in [3.05, 3.63) is 77.0 Å². The van der Waals surface area contributed by atoms with Crippen LogP contribution in [-0.2, 0) is 5.60 Å². The van der Waals surface area contributed by atoms with Crippen LogP contribution in [0.2, 0.25) is 0 Å². The van der Waals surface area contributed by atoms with Gasteiger partial charge in [0.05, 0.1) is 23.0 Å². The smallest absolute Gasteiger partial charge is 0.274 e. The summed E-state index contributed by atoms with van der Waals surface area (Å²) in [5, 5.41) is 12.9. The van der Waals surface area contributed by atoms with Gasteiger partial charge in [0.2, 0.25) is 0 Å². The van der Waals surface area contributed by atoms with Crippen LogP contribution in [0.25, 0.3) is 11.3 Å². The summed E-state index contributed by atoms with van der Waals surface area (Å²) in [6.45, 7) is 7.11. The summed E-state index contributed by atoms with van der Waals surface area (Å²) in [4.78, 5) is 21.3. The maximum Gasteiger partial charge on any atom is 0.274 e. The Bertz CT molecular complexity index is 1320. The Labute approximate surface area is 220 Å². The van der Waals surface area contributed by atoms with Gasteiger partial charge in [0.15, 0.2) is 0 Å². The molecule has 1 saturated carbocycles. The topological polar surface area (TPSA) is 101 Å². The summed E-state index contributed by atoms with van der Waals surface area (Å²) in [5.41, 5.74) is 4.63. The van der Waals surface area contributed by atoms with E-state index < -0.39 is 40.2 Å². The summed E-state index contributed by atoms with van der Waals surface area (Å²) >= 11 is 0. The Balaban J connectivity index is 1.64. The highest BCUT2D eigenvalue weighted by molar-refractivity contribution is 6.03. The van der Waals surface area contributed by atoms with E-state index in [4.69, 9.17) is 5.73 Å². The number of nitrogens with one attached hydrogen (secondary N) is 1. The molecular weight excluding hydrogens is 493 g/mol. The van der Waals surface area contributed by atoms with Crippen molar-refractivity contribution in [3.63, 3.8) is 0 Å². The molecule has 2 heterocycles. The van der Waals surface area contributed by atoms with Crippen LogP contribution < -0.4 is 11.1 Å². The van der Waals surface area contributed by atoms with Crippen LogP contribution in [-0.4, -0.2) is 27.0 Å². The first-order valence-electron chi connectivity index (χ1n) is 12.7. The average Bonchev–Trinajstić information content (AvgIpc) is 2.84. The molecule has 4 rings (SSSR count). The lowest BCUT2D eigenvalue weighted by Crippen LogP contribution is -2.34. The molecule has 0 saturated heterocycles. The molecule has 1 aromatic carbocycles. The number of halogens is 3. The molecule has 9 heteroatoms. The largest absolute Gasteiger partial charge is 0.386 e. The minimum absolute atomic E-state index is 0.0169. The normalized spacial score (nSPS) is 20.0. The van der Waals surface area contributed by atoms with Gasteiger partial charge in [-0.1, -0.05) is 13.8 Å². The van der Waals surface area contributed by atoms with Crippen molar-refractivity contribution < 1.29 is 23.1 Å². The number of aromatic nitrogens is 2. The zero-order valence-corrected chi connectivity index (χ0v) is 21.9. The number of carbonyl (C=O) groups excluding carboxylic acids is 1. The fourth-order valence-corrected chi connectivity index (χ4v) is 5.16. The molecule has 4 N–H and O–H groups in total. The average molecular weight is 527 g/mol. The highest BCUT2D eigenvalue weighted by atomic mass is 19.1. The lowest BCUT2D eigenvalue weighted by molar-refractivity contribution is 0.0778. The van der Waals surface area contributed by atoms with Crippen LogP contribution in [0, 0.1) is 29.3 Å². The molecule has 3 aromatic rings. The third-order valence-electron chi connectivity index (χ3n) is 7.33. The van der Waals surface area contributed by atoms with Gasteiger partial charge in [-0.05, 0) is 92.3 Å². The highest BCUT2D eigenvalue weighted by Gasteiger charge is 2.31. The zero-order chi connectivity index (χ0) is 27.8. The number of nitrogens with two attached hydrogens (primary N) is 1. The Morgan fingerprint density at radius 2 is 1.76 bits per heavy atom. The van der Waals surface area contributed by atoms with E-state index in [0.717, 1.165) is 49.1 Å². The molecule has 1 amide bonds. The molecular formula is C29H33F3N4O2. The second kappa shape index (κ2) is 10.8. The number of amides is 1. The van der Waals surface area contributed by atoms with Crippen LogP contribution in [0.3, 0.4) is 0 Å². The number of benzene rings is 1. The number of aliphatic hydroxyl groups is 1. The van der Waals surface area contributed by atoms with E-state index in [1.807, 2.05) is 6.07 Å². The van der Waals surface area contributed by atoms with Gasteiger partial charge in [-0.25, -0.2) is 18.2 Å². The van der Waals surface area contributed by atoms with Crippen LogP contribution in [0.4, 0.5) is 18.9 Å². The second-order valence-corrected chi connectivity index (χ2v) is 11.0. The first kappa shape index (κ1) is 27.7.